The monoisotopic (exact) mass is 487 g/mol. The average Bonchev–Trinajstić information content (AvgIpc) is 2.80. The van der Waals surface area contributed by atoms with E-state index in [1.807, 2.05) is 18.7 Å². The zero-order valence-electron chi connectivity index (χ0n) is 22.3. The van der Waals surface area contributed by atoms with Crippen LogP contribution in [0.15, 0.2) is 53.1 Å². The lowest BCUT2D eigenvalue weighted by atomic mass is 10.1. The van der Waals surface area contributed by atoms with Gasteiger partial charge in [0, 0.05) is 38.7 Å². The fourth-order valence-electron chi connectivity index (χ4n) is 3.31. The molecule has 0 radical (unpaired) electrons. The number of nitrogens with two attached hydrogens (primary N) is 2. The number of aliphatic imine (C=N–C) groups is 1. The summed E-state index contributed by atoms with van der Waals surface area (Å²) in [6.07, 6.45) is 23.4. The van der Waals surface area contributed by atoms with Gasteiger partial charge in [0.1, 0.15) is 0 Å². The van der Waals surface area contributed by atoms with E-state index in [1.165, 1.54) is 0 Å². The number of nitrogens with one attached hydrogen (secondary N) is 1. The quantitative estimate of drug-likeness (QED) is 0.0755. The molecule has 35 heavy (non-hydrogen) atoms. The molecule has 0 saturated carbocycles. The highest BCUT2D eigenvalue weighted by atomic mass is 16.2. The molecule has 0 unspecified atom stereocenters. The second-order valence-electron chi connectivity index (χ2n) is 8.80. The topological polar surface area (TPSA) is 114 Å². The molecule has 0 aromatic heterocycles. The second-order valence-corrected chi connectivity index (χ2v) is 8.80. The van der Waals surface area contributed by atoms with Crippen molar-refractivity contribution < 1.29 is 9.59 Å². The van der Waals surface area contributed by atoms with Crippen LogP contribution in [0.25, 0.3) is 0 Å². The number of allylic oxidation sites excluding steroid dienone is 7. The van der Waals surface area contributed by atoms with Gasteiger partial charge in [-0.25, -0.2) is 0 Å². The third-order valence-corrected chi connectivity index (χ3v) is 5.10. The Morgan fingerprint density at radius 3 is 2.17 bits per heavy atom. The summed E-state index contributed by atoms with van der Waals surface area (Å²) in [5.74, 6) is 0.216. The Bertz CT molecular complexity index is 715. The van der Waals surface area contributed by atoms with Crippen LogP contribution in [0, 0.1) is 0 Å². The minimum atomic E-state index is -0.0818. The number of rotatable bonds is 20. The van der Waals surface area contributed by atoms with Gasteiger partial charge in [0.05, 0.1) is 0 Å². The highest BCUT2D eigenvalue weighted by Crippen LogP contribution is 2.07. The first-order chi connectivity index (χ1) is 16.9. The van der Waals surface area contributed by atoms with Crippen molar-refractivity contribution in [2.75, 3.05) is 26.2 Å². The van der Waals surface area contributed by atoms with Crippen LogP contribution in [-0.2, 0) is 9.59 Å². The summed E-state index contributed by atoms with van der Waals surface area (Å²) in [5, 5.41) is 2.88. The first-order valence-electron chi connectivity index (χ1n) is 13.1. The van der Waals surface area contributed by atoms with E-state index in [2.05, 4.69) is 53.7 Å². The first-order valence-corrected chi connectivity index (χ1v) is 13.1. The zero-order chi connectivity index (χ0) is 26.2. The van der Waals surface area contributed by atoms with Crippen molar-refractivity contribution in [1.29, 1.82) is 0 Å². The van der Waals surface area contributed by atoms with Gasteiger partial charge in [-0.3, -0.25) is 14.6 Å². The molecule has 0 spiro atoms. The van der Waals surface area contributed by atoms with Crippen LogP contribution in [-0.4, -0.2) is 48.9 Å². The van der Waals surface area contributed by atoms with Gasteiger partial charge in [0.15, 0.2) is 5.96 Å². The average molecular weight is 488 g/mol. The number of hydrogen-bond acceptors (Lipinski definition) is 3. The van der Waals surface area contributed by atoms with E-state index in [0.717, 1.165) is 69.9 Å². The van der Waals surface area contributed by atoms with Crippen LogP contribution in [0.1, 0.15) is 85.0 Å². The van der Waals surface area contributed by atoms with Gasteiger partial charge < -0.3 is 21.7 Å². The maximum absolute atomic E-state index is 12.8. The third kappa shape index (κ3) is 22.7. The molecule has 0 aromatic carbocycles. The lowest BCUT2D eigenvalue weighted by Crippen LogP contribution is -2.35. The van der Waals surface area contributed by atoms with Crippen molar-refractivity contribution in [2.24, 2.45) is 16.5 Å². The van der Waals surface area contributed by atoms with Crippen molar-refractivity contribution >= 4 is 17.8 Å². The number of unbranched alkanes of at least 4 members (excludes halogenated alkanes) is 3. The summed E-state index contributed by atoms with van der Waals surface area (Å²) >= 11 is 0. The van der Waals surface area contributed by atoms with Gasteiger partial charge in [0.2, 0.25) is 11.8 Å². The number of carbonyl (C=O) groups is 2. The summed E-state index contributed by atoms with van der Waals surface area (Å²) in [5.41, 5.74) is 11.7. The first kappa shape index (κ1) is 32.2. The van der Waals surface area contributed by atoms with Gasteiger partial charge in [0.25, 0.3) is 0 Å². The van der Waals surface area contributed by atoms with Gasteiger partial charge >= 0.3 is 0 Å². The molecule has 198 valence electrons. The minimum absolute atomic E-state index is 0.0818. The number of nitrogens with zero attached hydrogens (tertiary/aromatic N) is 2. The third-order valence-electron chi connectivity index (χ3n) is 5.10. The van der Waals surface area contributed by atoms with Crippen molar-refractivity contribution in [1.82, 2.24) is 10.2 Å². The molecule has 0 rings (SSSR count). The summed E-state index contributed by atoms with van der Waals surface area (Å²) in [6.45, 7) is 8.46. The van der Waals surface area contributed by atoms with Crippen molar-refractivity contribution in [3.8, 4) is 0 Å². The molecule has 0 aliphatic carbocycles. The van der Waals surface area contributed by atoms with E-state index in [4.69, 9.17) is 11.5 Å². The fourth-order valence-corrected chi connectivity index (χ4v) is 3.31. The molecule has 2 amide bonds. The second kappa shape index (κ2) is 22.9. The van der Waals surface area contributed by atoms with Gasteiger partial charge in [-0.05, 0) is 71.6 Å². The predicted octanol–water partition coefficient (Wildman–Crippen LogP) is 4.76. The van der Waals surface area contributed by atoms with E-state index in [1.54, 1.807) is 6.08 Å². The summed E-state index contributed by atoms with van der Waals surface area (Å²) in [4.78, 5) is 30.5. The number of hydrogen-bond donors (Lipinski definition) is 3. The molecule has 7 heteroatoms. The number of guanidine groups is 1. The lowest BCUT2D eigenvalue weighted by molar-refractivity contribution is -0.131. The molecule has 0 atom stereocenters. The highest BCUT2D eigenvalue weighted by Gasteiger charge is 2.12. The standard InChI is InChI=1S/C28H49N5O2/c1-4-5-6-7-8-9-10-11-12-13-15-19-27(35)33(22-17-14-16-20-32-28(29)30)23-18-21-31-26(34)24-25(2)3/h5-6,8-9,11-12,24H,4,7,10,13-23H2,1-3H3,(H,31,34)(H4,29,30,32). The highest BCUT2D eigenvalue weighted by molar-refractivity contribution is 5.87. The predicted molar refractivity (Wildman–Crippen MR) is 149 cm³/mol. The van der Waals surface area contributed by atoms with Crippen LogP contribution in [0.5, 0.6) is 0 Å². The maximum Gasteiger partial charge on any atom is 0.243 e. The molecule has 5 N–H and O–H groups in total. The molecule has 0 aliphatic rings. The Labute approximate surface area is 213 Å². The summed E-state index contributed by atoms with van der Waals surface area (Å²) in [6, 6.07) is 0. The Balaban J connectivity index is 4.39. The van der Waals surface area contributed by atoms with Crippen LogP contribution < -0.4 is 16.8 Å². The van der Waals surface area contributed by atoms with Crippen molar-refractivity contribution in [3.63, 3.8) is 0 Å². The molecule has 0 fully saturated rings. The van der Waals surface area contributed by atoms with Gasteiger partial charge in [-0.1, -0.05) is 49.0 Å². The van der Waals surface area contributed by atoms with E-state index in [-0.39, 0.29) is 17.8 Å². The lowest BCUT2D eigenvalue weighted by Gasteiger charge is -2.23. The largest absolute Gasteiger partial charge is 0.370 e. The van der Waals surface area contributed by atoms with Crippen LogP contribution >= 0.6 is 0 Å². The van der Waals surface area contributed by atoms with Gasteiger partial charge in [-0.15, -0.1) is 0 Å². The van der Waals surface area contributed by atoms with Crippen LogP contribution in [0.4, 0.5) is 0 Å². The summed E-state index contributed by atoms with van der Waals surface area (Å²) in [7, 11) is 0. The zero-order valence-corrected chi connectivity index (χ0v) is 22.3. The van der Waals surface area contributed by atoms with E-state index < -0.39 is 0 Å². The molecule has 0 aromatic rings. The molecule has 7 nitrogen and oxygen atoms in total. The van der Waals surface area contributed by atoms with Crippen molar-refractivity contribution in [2.45, 2.75) is 85.0 Å². The number of amides is 2. The Hall–Kier alpha value is -2.83. The normalized spacial score (nSPS) is 11.3. The molecular weight excluding hydrogens is 438 g/mol. The Morgan fingerprint density at radius 1 is 0.857 bits per heavy atom. The number of carbonyl (C=O) groups excluding carboxylic acids is 2. The Morgan fingerprint density at radius 2 is 1.51 bits per heavy atom. The molecule has 0 heterocycles. The smallest absolute Gasteiger partial charge is 0.243 e. The minimum Gasteiger partial charge on any atom is -0.370 e. The fraction of sp³-hybridized carbons (Fsp3) is 0.607. The molecular formula is C28H49N5O2. The maximum atomic E-state index is 12.8. The Kier molecular flexibility index (Phi) is 21.1. The molecule has 0 saturated heterocycles. The van der Waals surface area contributed by atoms with Crippen LogP contribution in [0.3, 0.4) is 0 Å². The molecule has 0 bridgehead atoms. The van der Waals surface area contributed by atoms with Gasteiger partial charge in [-0.2, -0.15) is 0 Å². The van der Waals surface area contributed by atoms with E-state index >= 15 is 0 Å². The van der Waals surface area contributed by atoms with E-state index in [0.29, 0.717) is 26.1 Å². The summed E-state index contributed by atoms with van der Waals surface area (Å²) < 4.78 is 0. The SMILES string of the molecule is CCC=CCC=CCC=CCCCC(=O)N(CCCCCN=C(N)N)CCCNC(=O)C=C(C)C. The van der Waals surface area contributed by atoms with Crippen LogP contribution in [0.2, 0.25) is 0 Å². The molecule has 0 aliphatic heterocycles. The van der Waals surface area contributed by atoms with Crippen molar-refractivity contribution in [3.05, 3.63) is 48.1 Å². The van der Waals surface area contributed by atoms with E-state index in [9.17, 15) is 9.59 Å².